The number of Topliss-reactive ketones (excluding diaryl/α,β-unsaturated/α-hetero) is 1. The van der Waals surface area contributed by atoms with Gasteiger partial charge in [-0.15, -0.1) is 0 Å². The molecule has 0 radical (unpaired) electrons. The zero-order chi connectivity index (χ0) is 29.1. The summed E-state index contributed by atoms with van der Waals surface area (Å²) in [4.78, 5) is 40.1. The van der Waals surface area contributed by atoms with Crippen LogP contribution in [0.1, 0.15) is 51.8 Å². The van der Waals surface area contributed by atoms with E-state index in [4.69, 9.17) is 33.2 Å². The standard InChI is InChI=1S/C29H32O11/c1-8-13(2)27(32)40-26-17-10-18(34-6)23(35-7)25(31)29(17)11-36-24-20(29)16(9-19-22(24)38-12-37-19)21(39-15(4)30)14(3)28(26,5)33/h8-10,14,21,26,33H,11-12H2,1-7H3. The Balaban J connectivity index is 1.90. The first-order valence-corrected chi connectivity index (χ1v) is 12.9. The maximum Gasteiger partial charge on any atom is 0.334 e. The number of methoxy groups -OCH3 is 2. The first-order valence-electron chi connectivity index (χ1n) is 12.9. The predicted molar refractivity (Wildman–Crippen MR) is 137 cm³/mol. The first-order chi connectivity index (χ1) is 18.9. The van der Waals surface area contributed by atoms with Crippen molar-refractivity contribution in [1.82, 2.24) is 0 Å². The largest absolute Gasteiger partial charge is 0.493 e. The quantitative estimate of drug-likeness (QED) is 0.423. The molecule has 2 aliphatic carbocycles. The molecule has 0 saturated carbocycles. The Kier molecular flexibility index (Phi) is 6.60. The van der Waals surface area contributed by atoms with E-state index in [1.54, 1.807) is 39.0 Å². The number of ether oxygens (including phenoxy) is 7. The van der Waals surface area contributed by atoms with Crippen LogP contribution in [0.4, 0.5) is 0 Å². The number of aliphatic hydroxyl groups is 1. The van der Waals surface area contributed by atoms with E-state index in [9.17, 15) is 19.5 Å². The number of allylic oxidation sites excluding steroid dienone is 3. The molecule has 1 aromatic carbocycles. The van der Waals surface area contributed by atoms with Gasteiger partial charge in [0.05, 0.1) is 14.2 Å². The third kappa shape index (κ3) is 3.71. The van der Waals surface area contributed by atoms with Gasteiger partial charge in [-0.05, 0) is 38.5 Å². The fraction of sp³-hybridized carbons (Fsp3) is 0.483. The second kappa shape index (κ2) is 9.58. The topological polar surface area (TPSA) is 136 Å². The molecule has 0 amide bonds. The van der Waals surface area contributed by atoms with Gasteiger partial charge in [-0.1, -0.05) is 13.0 Å². The highest BCUT2D eigenvalue weighted by molar-refractivity contribution is 6.09. The summed E-state index contributed by atoms with van der Waals surface area (Å²) >= 11 is 0. The second-order valence-electron chi connectivity index (χ2n) is 10.4. The van der Waals surface area contributed by atoms with E-state index in [1.807, 2.05) is 0 Å². The van der Waals surface area contributed by atoms with Crippen LogP contribution in [-0.4, -0.2) is 62.2 Å². The van der Waals surface area contributed by atoms with E-state index in [-0.39, 0.29) is 36.2 Å². The maximum absolute atomic E-state index is 14.5. The van der Waals surface area contributed by atoms with Gasteiger partial charge in [0.15, 0.2) is 23.4 Å². The summed E-state index contributed by atoms with van der Waals surface area (Å²) in [5, 5.41) is 12.2. The average Bonchev–Trinajstić information content (AvgIpc) is 3.55. The highest BCUT2D eigenvalue weighted by atomic mass is 16.7. The average molecular weight is 557 g/mol. The maximum atomic E-state index is 14.5. The number of rotatable bonds is 5. The van der Waals surface area contributed by atoms with Crippen molar-refractivity contribution in [3.05, 3.63) is 52.0 Å². The number of benzene rings is 1. The second-order valence-corrected chi connectivity index (χ2v) is 10.4. The van der Waals surface area contributed by atoms with Gasteiger partial charge in [-0.25, -0.2) is 4.79 Å². The smallest absolute Gasteiger partial charge is 0.334 e. The van der Waals surface area contributed by atoms with Crippen LogP contribution < -0.4 is 14.2 Å². The molecule has 40 heavy (non-hydrogen) atoms. The van der Waals surface area contributed by atoms with Crippen molar-refractivity contribution in [1.29, 1.82) is 0 Å². The summed E-state index contributed by atoms with van der Waals surface area (Å²) in [7, 11) is 2.72. The highest BCUT2D eigenvalue weighted by Crippen LogP contribution is 2.62. The lowest BCUT2D eigenvalue weighted by Gasteiger charge is -2.48. The molecule has 11 nitrogen and oxygen atoms in total. The van der Waals surface area contributed by atoms with Crippen molar-refractivity contribution in [3.63, 3.8) is 0 Å². The van der Waals surface area contributed by atoms with Crippen LogP contribution in [0.2, 0.25) is 0 Å². The lowest BCUT2D eigenvalue weighted by molar-refractivity contribution is -0.177. The summed E-state index contributed by atoms with van der Waals surface area (Å²) in [6, 6.07) is 1.64. The Bertz CT molecular complexity index is 1400. The Labute approximate surface area is 231 Å². The van der Waals surface area contributed by atoms with E-state index in [2.05, 4.69) is 0 Å². The van der Waals surface area contributed by atoms with Gasteiger partial charge >= 0.3 is 11.9 Å². The van der Waals surface area contributed by atoms with Crippen molar-refractivity contribution in [2.24, 2.45) is 5.92 Å². The summed E-state index contributed by atoms with van der Waals surface area (Å²) in [5.41, 5.74) is -2.25. The molecule has 0 aromatic heterocycles. The molecule has 2 aliphatic heterocycles. The van der Waals surface area contributed by atoms with Gasteiger partial charge < -0.3 is 38.3 Å². The Morgan fingerprint density at radius 3 is 2.45 bits per heavy atom. The van der Waals surface area contributed by atoms with Crippen LogP contribution >= 0.6 is 0 Å². The Hall–Kier alpha value is -3.99. The molecular weight excluding hydrogens is 524 g/mol. The summed E-state index contributed by atoms with van der Waals surface area (Å²) < 4.78 is 40.4. The van der Waals surface area contributed by atoms with Crippen LogP contribution in [0.15, 0.2) is 40.9 Å². The first kappa shape index (κ1) is 27.6. The van der Waals surface area contributed by atoms with E-state index < -0.39 is 46.9 Å². The number of hydrogen-bond acceptors (Lipinski definition) is 11. The van der Waals surface area contributed by atoms with Crippen molar-refractivity contribution < 1.29 is 52.6 Å². The van der Waals surface area contributed by atoms with Crippen molar-refractivity contribution in [3.8, 4) is 17.2 Å². The summed E-state index contributed by atoms with van der Waals surface area (Å²) in [5.74, 6) is -1.84. The van der Waals surface area contributed by atoms with Crippen LogP contribution in [0, 0.1) is 5.92 Å². The van der Waals surface area contributed by atoms with Crippen LogP contribution in [-0.2, 0) is 38.7 Å². The molecule has 1 aromatic rings. The number of ketones is 1. The van der Waals surface area contributed by atoms with Crippen LogP contribution in [0.5, 0.6) is 17.2 Å². The third-order valence-electron chi connectivity index (χ3n) is 8.30. The lowest BCUT2D eigenvalue weighted by Crippen LogP contribution is -2.58. The van der Waals surface area contributed by atoms with Gasteiger partial charge in [-0.2, -0.15) is 0 Å². The summed E-state index contributed by atoms with van der Waals surface area (Å²) in [6.45, 7) is 7.35. The van der Waals surface area contributed by atoms with Gasteiger partial charge in [-0.3, -0.25) is 9.59 Å². The fourth-order valence-corrected chi connectivity index (χ4v) is 5.88. The zero-order valence-electron chi connectivity index (χ0n) is 23.4. The number of carbonyl (C=O) groups is 3. The minimum absolute atomic E-state index is 0.0797. The lowest BCUT2D eigenvalue weighted by atomic mass is 9.59. The Morgan fingerprint density at radius 1 is 1.10 bits per heavy atom. The number of carbonyl (C=O) groups excluding carboxylic acids is 3. The highest BCUT2D eigenvalue weighted by Gasteiger charge is 2.64. The van der Waals surface area contributed by atoms with Gasteiger partial charge in [0, 0.05) is 29.5 Å². The number of esters is 2. The molecule has 1 spiro atoms. The molecule has 214 valence electrons. The van der Waals surface area contributed by atoms with E-state index in [1.165, 1.54) is 28.1 Å². The Morgan fingerprint density at radius 2 is 1.82 bits per heavy atom. The molecule has 5 unspecified atom stereocenters. The van der Waals surface area contributed by atoms with Crippen LogP contribution in [0.3, 0.4) is 0 Å². The van der Waals surface area contributed by atoms with Crippen molar-refractivity contribution >= 4 is 17.7 Å². The third-order valence-corrected chi connectivity index (χ3v) is 8.30. The van der Waals surface area contributed by atoms with E-state index >= 15 is 0 Å². The molecule has 5 atom stereocenters. The van der Waals surface area contributed by atoms with Gasteiger partial charge in [0.2, 0.25) is 24.1 Å². The van der Waals surface area contributed by atoms with Gasteiger partial charge in [0.25, 0.3) is 0 Å². The molecule has 0 fully saturated rings. The normalized spacial score (nSPS) is 30.3. The van der Waals surface area contributed by atoms with Gasteiger partial charge in [0.1, 0.15) is 23.7 Å². The zero-order valence-corrected chi connectivity index (χ0v) is 23.4. The fourth-order valence-electron chi connectivity index (χ4n) is 5.88. The molecule has 4 aliphatic rings. The van der Waals surface area contributed by atoms with Crippen LogP contribution in [0.25, 0.3) is 0 Å². The molecule has 5 rings (SSSR count). The van der Waals surface area contributed by atoms with E-state index in [0.29, 0.717) is 28.2 Å². The van der Waals surface area contributed by atoms with Crippen molar-refractivity contribution in [2.75, 3.05) is 27.6 Å². The summed E-state index contributed by atoms with van der Waals surface area (Å²) in [6.07, 6.45) is 0.635. The molecule has 1 N–H and O–H groups in total. The molecule has 2 heterocycles. The van der Waals surface area contributed by atoms with Crippen molar-refractivity contribution in [2.45, 2.75) is 57.8 Å². The predicted octanol–water partition coefficient (Wildman–Crippen LogP) is 2.94. The minimum atomic E-state index is -1.87. The molecular formula is C29H32O11. The number of hydrogen-bond donors (Lipinski definition) is 1. The van der Waals surface area contributed by atoms with E-state index in [0.717, 1.165) is 0 Å². The molecule has 0 saturated heterocycles. The molecule has 11 heteroatoms. The minimum Gasteiger partial charge on any atom is -0.493 e. The SMILES string of the molecule is CC=C(C)C(=O)OC1C2=CC(OC)=C(OC)C(=O)C23COc2c4c(cc(c23)C(OC(C)=O)C(C)C1(C)O)OCO4. The number of fused-ring (bicyclic) bond motifs is 2. The monoisotopic (exact) mass is 556 g/mol. The molecule has 0 bridgehead atoms.